The van der Waals surface area contributed by atoms with Crippen LogP contribution in [0.3, 0.4) is 0 Å². The minimum absolute atomic E-state index is 0.171. The molecular formula is C18H24N4O. The lowest BCUT2D eigenvalue weighted by Gasteiger charge is -2.27. The van der Waals surface area contributed by atoms with E-state index in [2.05, 4.69) is 24.2 Å². The zero-order valence-electron chi connectivity index (χ0n) is 14.1. The summed E-state index contributed by atoms with van der Waals surface area (Å²) in [5.41, 5.74) is 2.68. The van der Waals surface area contributed by atoms with Gasteiger partial charge in [-0.1, -0.05) is 37.3 Å². The molecule has 1 aliphatic rings. The van der Waals surface area contributed by atoms with Crippen molar-refractivity contribution in [3.05, 3.63) is 41.7 Å². The molecule has 0 spiro atoms. The van der Waals surface area contributed by atoms with Crippen molar-refractivity contribution in [1.82, 2.24) is 19.9 Å². The molecule has 5 nitrogen and oxygen atoms in total. The first kappa shape index (κ1) is 15.7. The number of para-hydroxylation sites is 1. The first-order valence-electron chi connectivity index (χ1n) is 8.34. The van der Waals surface area contributed by atoms with Crippen LogP contribution in [0.5, 0.6) is 0 Å². The quantitative estimate of drug-likeness (QED) is 0.872. The van der Waals surface area contributed by atoms with Gasteiger partial charge in [-0.2, -0.15) is 0 Å². The van der Waals surface area contributed by atoms with Crippen LogP contribution in [-0.2, 0) is 11.2 Å². The number of benzene rings is 1. The van der Waals surface area contributed by atoms with Crippen LogP contribution in [0.25, 0.3) is 5.69 Å². The first-order chi connectivity index (χ1) is 11.1. The molecule has 1 atom stereocenters. The second-order valence-corrected chi connectivity index (χ2v) is 6.59. The second kappa shape index (κ2) is 6.52. The molecule has 1 aliphatic heterocycles. The average Bonchev–Trinajstić information content (AvgIpc) is 3.16. The Balaban J connectivity index is 1.76. The molecule has 122 valence electrons. The standard InChI is InChI=1S/C18H24N4O/c1-13(2)17-10-7-11-21(17)18(23)12-16-14(3)22(20-19-16)15-8-5-4-6-9-15/h4-6,8-9,13,17H,7,10-12H2,1-3H3/t17-/m0/s1. The van der Waals surface area contributed by atoms with Crippen LogP contribution in [0.2, 0.25) is 0 Å². The highest BCUT2D eigenvalue weighted by atomic mass is 16.2. The summed E-state index contributed by atoms with van der Waals surface area (Å²) in [5.74, 6) is 0.673. The number of nitrogens with zero attached hydrogens (tertiary/aromatic N) is 4. The molecule has 0 unspecified atom stereocenters. The smallest absolute Gasteiger partial charge is 0.228 e. The summed E-state index contributed by atoms with van der Waals surface area (Å²) >= 11 is 0. The van der Waals surface area contributed by atoms with Gasteiger partial charge in [0.05, 0.1) is 23.5 Å². The van der Waals surface area contributed by atoms with Crippen molar-refractivity contribution in [3.63, 3.8) is 0 Å². The highest BCUT2D eigenvalue weighted by Gasteiger charge is 2.31. The number of carbonyl (C=O) groups excluding carboxylic acids is 1. The van der Waals surface area contributed by atoms with Crippen LogP contribution in [0.15, 0.2) is 30.3 Å². The van der Waals surface area contributed by atoms with E-state index in [0.29, 0.717) is 18.4 Å². The molecule has 1 fully saturated rings. The molecule has 0 saturated carbocycles. The van der Waals surface area contributed by atoms with Gasteiger partial charge in [0.25, 0.3) is 0 Å². The molecule has 0 N–H and O–H groups in total. The van der Waals surface area contributed by atoms with Crippen molar-refractivity contribution in [2.24, 2.45) is 5.92 Å². The Morgan fingerprint density at radius 1 is 1.30 bits per heavy atom. The maximum atomic E-state index is 12.7. The van der Waals surface area contributed by atoms with Crippen molar-refractivity contribution >= 4 is 5.91 Å². The summed E-state index contributed by atoms with van der Waals surface area (Å²) in [7, 11) is 0. The fraction of sp³-hybridized carbons (Fsp3) is 0.500. The number of hydrogen-bond acceptors (Lipinski definition) is 3. The van der Waals surface area contributed by atoms with Crippen molar-refractivity contribution in [3.8, 4) is 5.69 Å². The highest BCUT2D eigenvalue weighted by molar-refractivity contribution is 5.79. The first-order valence-corrected chi connectivity index (χ1v) is 8.34. The predicted octanol–water partition coefficient (Wildman–Crippen LogP) is 2.77. The summed E-state index contributed by atoms with van der Waals surface area (Å²) in [6.07, 6.45) is 2.55. The van der Waals surface area contributed by atoms with Gasteiger partial charge in [-0.25, -0.2) is 4.68 Å². The third kappa shape index (κ3) is 3.14. The molecule has 1 saturated heterocycles. The lowest BCUT2D eigenvalue weighted by atomic mass is 10.0. The second-order valence-electron chi connectivity index (χ2n) is 6.59. The van der Waals surface area contributed by atoms with Crippen LogP contribution in [-0.4, -0.2) is 38.4 Å². The molecule has 1 aromatic heterocycles. The van der Waals surface area contributed by atoms with Gasteiger partial charge in [-0.15, -0.1) is 5.10 Å². The number of rotatable bonds is 4. The number of amides is 1. The van der Waals surface area contributed by atoms with Gasteiger partial charge in [-0.05, 0) is 37.8 Å². The Morgan fingerprint density at radius 3 is 2.74 bits per heavy atom. The minimum atomic E-state index is 0.171. The molecule has 3 rings (SSSR count). The van der Waals surface area contributed by atoms with Crippen LogP contribution in [0.1, 0.15) is 38.1 Å². The molecule has 23 heavy (non-hydrogen) atoms. The zero-order chi connectivity index (χ0) is 16.4. The maximum Gasteiger partial charge on any atom is 0.228 e. The molecule has 1 amide bonds. The molecule has 2 heterocycles. The average molecular weight is 312 g/mol. The summed E-state index contributed by atoms with van der Waals surface area (Å²) in [4.78, 5) is 14.7. The number of carbonyl (C=O) groups is 1. The summed E-state index contributed by atoms with van der Waals surface area (Å²) < 4.78 is 1.80. The Morgan fingerprint density at radius 2 is 2.04 bits per heavy atom. The van der Waals surface area contributed by atoms with E-state index in [1.807, 2.05) is 42.2 Å². The highest BCUT2D eigenvalue weighted by Crippen LogP contribution is 2.24. The van der Waals surface area contributed by atoms with E-state index in [4.69, 9.17) is 0 Å². The SMILES string of the molecule is Cc1c(CC(=O)N2CCC[C@H]2C(C)C)nnn1-c1ccccc1. The van der Waals surface area contributed by atoms with Crippen LogP contribution in [0.4, 0.5) is 0 Å². The zero-order valence-corrected chi connectivity index (χ0v) is 14.1. The Bertz CT molecular complexity index is 678. The lowest BCUT2D eigenvalue weighted by Crippen LogP contribution is -2.39. The predicted molar refractivity (Wildman–Crippen MR) is 89.4 cm³/mol. The van der Waals surface area contributed by atoms with Gasteiger partial charge in [0.15, 0.2) is 0 Å². The third-order valence-electron chi connectivity index (χ3n) is 4.70. The van der Waals surface area contributed by atoms with E-state index in [1.54, 1.807) is 4.68 Å². The molecule has 0 radical (unpaired) electrons. The van der Waals surface area contributed by atoms with Gasteiger partial charge in [0, 0.05) is 12.6 Å². The molecule has 1 aromatic carbocycles. The topological polar surface area (TPSA) is 51.0 Å². The number of hydrogen-bond donors (Lipinski definition) is 0. The monoisotopic (exact) mass is 312 g/mol. The van der Waals surface area contributed by atoms with Crippen molar-refractivity contribution < 1.29 is 4.79 Å². The fourth-order valence-corrected chi connectivity index (χ4v) is 3.38. The maximum absolute atomic E-state index is 12.7. The van der Waals surface area contributed by atoms with E-state index in [9.17, 15) is 4.79 Å². The summed E-state index contributed by atoms with van der Waals surface area (Å²) in [6, 6.07) is 10.3. The van der Waals surface area contributed by atoms with Crippen LogP contribution >= 0.6 is 0 Å². The Hall–Kier alpha value is -2.17. The molecule has 2 aromatic rings. The van der Waals surface area contributed by atoms with E-state index in [1.165, 1.54) is 0 Å². The van der Waals surface area contributed by atoms with E-state index in [-0.39, 0.29) is 5.91 Å². The summed E-state index contributed by atoms with van der Waals surface area (Å²) in [6.45, 7) is 7.22. The molecule has 5 heteroatoms. The van der Waals surface area contributed by atoms with Crippen LogP contribution < -0.4 is 0 Å². The van der Waals surface area contributed by atoms with Gasteiger partial charge in [0.1, 0.15) is 0 Å². The minimum Gasteiger partial charge on any atom is -0.339 e. The van der Waals surface area contributed by atoms with Gasteiger partial charge in [-0.3, -0.25) is 4.79 Å². The Labute approximate surface area is 137 Å². The number of aromatic nitrogens is 3. The van der Waals surface area contributed by atoms with Gasteiger partial charge >= 0.3 is 0 Å². The molecule has 0 bridgehead atoms. The summed E-state index contributed by atoms with van der Waals surface area (Å²) in [5, 5.41) is 8.45. The third-order valence-corrected chi connectivity index (χ3v) is 4.70. The van der Waals surface area contributed by atoms with E-state index >= 15 is 0 Å². The van der Waals surface area contributed by atoms with Crippen LogP contribution in [0, 0.1) is 12.8 Å². The Kier molecular flexibility index (Phi) is 4.46. The molecule has 0 aliphatic carbocycles. The van der Waals surface area contributed by atoms with E-state index in [0.717, 1.165) is 36.5 Å². The van der Waals surface area contributed by atoms with Crippen molar-refractivity contribution in [1.29, 1.82) is 0 Å². The van der Waals surface area contributed by atoms with Gasteiger partial charge in [0.2, 0.25) is 5.91 Å². The number of likely N-dealkylation sites (tertiary alicyclic amines) is 1. The van der Waals surface area contributed by atoms with Crippen molar-refractivity contribution in [2.45, 2.75) is 46.1 Å². The normalized spacial score (nSPS) is 17.9. The fourth-order valence-electron chi connectivity index (χ4n) is 3.38. The lowest BCUT2D eigenvalue weighted by molar-refractivity contribution is -0.132. The van der Waals surface area contributed by atoms with E-state index < -0.39 is 0 Å². The largest absolute Gasteiger partial charge is 0.339 e. The van der Waals surface area contributed by atoms with Gasteiger partial charge < -0.3 is 4.90 Å². The van der Waals surface area contributed by atoms with Crippen molar-refractivity contribution in [2.75, 3.05) is 6.54 Å². The molecular weight excluding hydrogens is 288 g/mol.